The Hall–Kier alpha value is -1.39. The number of benzene rings is 1. The van der Waals surface area contributed by atoms with Crippen molar-refractivity contribution in [1.82, 2.24) is 9.88 Å². The van der Waals surface area contributed by atoms with E-state index in [1.165, 1.54) is 11.3 Å². The van der Waals surface area contributed by atoms with Gasteiger partial charge in [-0.1, -0.05) is 43.6 Å². The molecule has 1 aromatic carbocycles. The topological polar surface area (TPSA) is 33.2 Å². The largest absolute Gasteiger partial charge is 0.337 e. The minimum Gasteiger partial charge on any atom is -0.337 e. The third kappa shape index (κ3) is 3.18. The number of piperidine rings is 1. The molecule has 2 aromatic rings. The highest BCUT2D eigenvalue weighted by Gasteiger charge is 2.29. The van der Waals surface area contributed by atoms with E-state index in [0.29, 0.717) is 16.1 Å². The minimum absolute atomic E-state index is 0.0325. The van der Waals surface area contributed by atoms with Gasteiger partial charge in [0.25, 0.3) is 5.91 Å². The summed E-state index contributed by atoms with van der Waals surface area (Å²) in [4.78, 5) is 19.0. The fourth-order valence-electron chi connectivity index (χ4n) is 2.61. The first-order valence-corrected chi connectivity index (χ1v) is 8.72. The van der Waals surface area contributed by atoms with Crippen molar-refractivity contribution in [3.8, 4) is 10.6 Å². The van der Waals surface area contributed by atoms with Crippen molar-refractivity contribution in [2.75, 3.05) is 13.1 Å². The molecule has 2 heterocycles. The van der Waals surface area contributed by atoms with Crippen LogP contribution in [0.2, 0.25) is 5.02 Å². The van der Waals surface area contributed by atoms with Gasteiger partial charge in [-0.3, -0.25) is 4.79 Å². The summed E-state index contributed by atoms with van der Waals surface area (Å²) in [5, 5.41) is 3.29. The number of halogens is 1. The average molecular weight is 335 g/mol. The molecule has 0 unspecified atom stereocenters. The molecular weight excluding hydrogens is 316 g/mol. The predicted octanol–water partition coefficient (Wildman–Crippen LogP) is 4.73. The molecule has 0 atom stereocenters. The molecular formula is C17H19ClN2OS. The van der Waals surface area contributed by atoms with Crippen LogP contribution in [-0.4, -0.2) is 28.9 Å². The highest BCUT2D eigenvalue weighted by atomic mass is 35.5. The molecule has 1 fully saturated rings. The van der Waals surface area contributed by atoms with Gasteiger partial charge in [-0.15, -0.1) is 11.3 Å². The Bertz CT molecular complexity index is 685. The van der Waals surface area contributed by atoms with Gasteiger partial charge in [0.15, 0.2) is 0 Å². The van der Waals surface area contributed by atoms with Gasteiger partial charge in [0, 0.05) is 24.0 Å². The highest BCUT2D eigenvalue weighted by Crippen LogP contribution is 2.32. The number of thiazole rings is 1. The van der Waals surface area contributed by atoms with Crippen LogP contribution in [0, 0.1) is 5.41 Å². The molecule has 5 heteroatoms. The molecule has 1 amide bonds. The quantitative estimate of drug-likeness (QED) is 0.795. The molecule has 0 radical (unpaired) electrons. The summed E-state index contributed by atoms with van der Waals surface area (Å²) in [5.74, 6) is 0.0325. The summed E-state index contributed by atoms with van der Waals surface area (Å²) < 4.78 is 0. The molecule has 1 aromatic heterocycles. The van der Waals surface area contributed by atoms with Gasteiger partial charge in [0.05, 0.1) is 5.02 Å². The number of hydrogen-bond donors (Lipinski definition) is 0. The van der Waals surface area contributed by atoms with Gasteiger partial charge in [0.2, 0.25) is 0 Å². The van der Waals surface area contributed by atoms with E-state index in [9.17, 15) is 4.79 Å². The van der Waals surface area contributed by atoms with Crippen LogP contribution in [0.4, 0.5) is 0 Å². The van der Waals surface area contributed by atoms with Crippen LogP contribution in [0.15, 0.2) is 29.6 Å². The normalized spacial score (nSPS) is 17.5. The van der Waals surface area contributed by atoms with E-state index in [4.69, 9.17) is 11.6 Å². The zero-order chi connectivity index (χ0) is 15.7. The molecule has 1 saturated heterocycles. The number of likely N-dealkylation sites (tertiary alicyclic amines) is 1. The second kappa shape index (κ2) is 6.01. The van der Waals surface area contributed by atoms with Crippen LogP contribution in [0.3, 0.4) is 0 Å². The molecule has 22 heavy (non-hydrogen) atoms. The van der Waals surface area contributed by atoms with Crippen LogP contribution < -0.4 is 0 Å². The number of carbonyl (C=O) groups excluding carboxylic acids is 1. The first kappa shape index (κ1) is 15.5. The lowest BCUT2D eigenvalue weighted by Gasteiger charge is -2.36. The summed E-state index contributed by atoms with van der Waals surface area (Å²) in [6.45, 7) is 6.13. The third-order valence-corrected chi connectivity index (χ3v) is 5.44. The van der Waals surface area contributed by atoms with Gasteiger partial charge in [0.1, 0.15) is 10.7 Å². The average Bonchev–Trinajstić information content (AvgIpc) is 2.96. The summed E-state index contributed by atoms with van der Waals surface area (Å²) in [5.41, 5.74) is 1.74. The Morgan fingerprint density at radius 2 is 1.95 bits per heavy atom. The number of aromatic nitrogens is 1. The van der Waals surface area contributed by atoms with Crippen LogP contribution in [0.1, 0.15) is 37.2 Å². The van der Waals surface area contributed by atoms with Crippen LogP contribution in [0.5, 0.6) is 0 Å². The number of amides is 1. The maximum atomic E-state index is 12.6. The van der Waals surface area contributed by atoms with Crippen molar-refractivity contribution in [2.24, 2.45) is 5.41 Å². The molecule has 0 saturated carbocycles. The fourth-order valence-corrected chi connectivity index (χ4v) is 3.72. The monoisotopic (exact) mass is 334 g/mol. The zero-order valence-electron chi connectivity index (χ0n) is 12.8. The van der Waals surface area contributed by atoms with Crippen molar-refractivity contribution >= 4 is 28.8 Å². The smallest absolute Gasteiger partial charge is 0.273 e. The molecule has 3 nitrogen and oxygen atoms in total. The van der Waals surface area contributed by atoms with Crippen molar-refractivity contribution in [3.63, 3.8) is 0 Å². The van der Waals surface area contributed by atoms with Gasteiger partial charge in [-0.2, -0.15) is 0 Å². The molecule has 0 bridgehead atoms. The van der Waals surface area contributed by atoms with Crippen LogP contribution >= 0.6 is 22.9 Å². The Morgan fingerprint density at radius 1 is 1.27 bits per heavy atom. The number of rotatable bonds is 2. The summed E-state index contributed by atoms with van der Waals surface area (Å²) >= 11 is 7.66. The minimum atomic E-state index is 0.0325. The molecule has 1 aliphatic rings. The second-order valence-corrected chi connectivity index (χ2v) is 7.74. The third-order valence-electron chi connectivity index (χ3n) is 4.23. The molecule has 0 aliphatic carbocycles. The summed E-state index contributed by atoms with van der Waals surface area (Å²) in [6, 6.07) is 7.59. The van der Waals surface area contributed by atoms with Gasteiger partial charge >= 0.3 is 0 Å². The number of nitrogens with zero attached hydrogens (tertiary/aromatic N) is 2. The lowest BCUT2D eigenvalue weighted by atomic mass is 9.82. The van der Waals surface area contributed by atoms with Gasteiger partial charge in [-0.05, 0) is 24.3 Å². The highest BCUT2D eigenvalue weighted by molar-refractivity contribution is 7.13. The van der Waals surface area contributed by atoms with Crippen molar-refractivity contribution < 1.29 is 4.79 Å². The van der Waals surface area contributed by atoms with Gasteiger partial charge in [-0.25, -0.2) is 4.98 Å². The molecule has 3 rings (SSSR count). The van der Waals surface area contributed by atoms with E-state index in [1.54, 1.807) is 0 Å². The molecule has 1 aliphatic heterocycles. The number of carbonyl (C=O) groups is 1. The number of hydrogen-bond acceptors (Lipinski definition) is 3. The first-order valence-electron chi connectivity index (χ1n) is 7.46. The Morgan fingerprint density at radius 3 is 2.64 bits per heavy atom. The standard InChI is InChI=1S/C17H19ClN2OS/c1-17(2)7-9-20(10-8-17)16(21)14-11-22-15(19-14)12-5-3-4-6-13(12)18/h3-6,11H,7-10H2,1-2H3. The van der Waals surface area contributed by atoms with E-state index >= 15 is 0 Å². The fraction of sp³-hybridized carbons (Fsp3) is 0.412. The van der Waals surface area contributed by atoms with E-state index in [1.807, 2.05) is 34.5 Å². The van der Waals surface area contributed by atoms with Crippen molar-refractivity contribution in [2.45, 2.75) is 26.7 Å². The van der Waals surface area contributed by atoms with Crippen LogP contribution in [-0.2, 0) is 0 Å². The van der Waals surface area contributed by atoms with E-state index < -0.39 is 0 Å². The second-order valence-electron chi connectivity index (χ2n) is 6.47. The maximum absolute atomic E-state index is 12.6. The van der Waals surface area contributed by atoms with E-state index in [-0.39, 0.29) is 5.91 Å². The maximum Gasteiger partial charge on any atom is 0.273 e. The lowest BCUT2D eigenvalue weighted by molar-refractivity contribution is 0.0625. The molecule has 0 N–H and O–H groups in total. The van der Waals surface area contributed by atoms with Crippen molar-refractivity contribution in [3.05, 3.63) is 40.4 Å². The Kier molecular flexibility index (Phi) is 4.24. The van der Waals surface area contributed by atoms with Gasteiger partial charge < -0.3 is 4.90 Å². The molecule has 116 valence electrons. The first-order chi connectivity index (χ1) is 10.5. The van der Waals surface area contributed by atoms with Crippen molar-refractivity contribution in [1.29, 1.82) is 0 Å². The van der Waals surface area contributed by atoms with Crippen LogP contribution in [0.25, 0.3) is 10.6 Å². The Balaban J connectivity index is 1.77. The summed E-state index contributed by atoms with van der Waals surface area (Å²) in [7, 11) is 0. The Labute approximate surface area is 139 Å². The lowest BCUT2D eigenvalue weighted by Crippen LogP contribution is -2.41. The molecule has 0 spiro atoms. The zero-order valence-corrected chi connectivity index (χ0v) is 14.4. The SMILES string of the molecule is CC1(C)CCN(C(=O)c2csc(-c3ccccc3Cl)n2)CC1. The predicted molar refractivity (Wildman–Crippen MR) is 91.5 cm³/mol. The van der Waals surface area contributed by atoms with E-state index in [2.05, 4.69) is 18.8 Å². The summed E-state index contributed by atoms with van der Waals surface area (Å²) in [6.07, 6.45) is 2.08. The van der Waals surface area contributed by atoms with E-state index in [0.717, 1.165) is 36.5 Å².